The van der Waals surface area contributed by atoms with Gasteiger partial charge in [0.05, 0.1) is 9.82 Å². The first kappa shape index (κ1) is 19.8. The van der Waals surface area contributed by atoms with Crippen molar-refractivity contribution in [1.29, 1.82) is 0 Å². The van der Waals surface area contributed by atoms with E-state index in [4.69, 9.17) is 0 Å². The molecule has 28 heavy (non-hydrogen) atoms. The lowest BCUT2D eigenvalue weighted by atomic mass is 10.2. The van der Waals surface area contributed by atoms with Crippen LogP contribution in [0.1, 0.15) is 23.2 Å². The number of nitrogens with zero attached hydrogens (tertiary/aromatic N) is 1. The Labute approximate surface area is 162 Å². The van der Waals surface area contributed by atoms with Crippen molar-refractivity contribution < 1.29 is 18.1 Å². The Morgan fingerprint density at radius 3 is 2.57 bits per heavy atom. The third-order valence-corrected chi connectivity index (χ3v) is 5.65. The van der Waals surface area contributed by atoms with Crippen molar-refractivity contribution in [2.75, 3.05) is 18.4 Å². The number of carbonyl (C=O) groups excluding carboxylic acids is 1. The largest absolute Gasteiger partial charge is 0.378 e. The van der Waals surface area contributed by atoms with Crippen LogP contribution < -0.4 is 15.4 Å². The quantitative estimate of drug-likeness (QED) is 0.332. The van der Waals surface area contributed by atoms with Gasteiger partial charge in [-0.05, 0) is 37.1 Å². The van der Waals surface area contributed by atoms with Crippen LogP contribution in [-0.2, 0) is 10.0 Å². The van der Waals surface area contributed by atoms with Crippen molar-refractivity contribution in [3.8, 4) is 0 Å². The number of hydrogen-bond acceptors (Lipinski definition) is 6. The van der Waals surface area contributed by atoms with E-state index in [0.29, 0.717) is 5.69 Å². The summed E-state index contributed by atoms with van der Waals surface area (Å²) < 4.78 is 27.1. The first-order chi connectivity index (χ1) is 13.4. The van der Waals surface area contributed by atoms with Gasteiger partial charge >= 0.3 is 0 Å². The Hall–Kier alpha value is -2.98. The molecule has 0 bridgehead atoms. The molecule has 0 unspecified atom stereocenters. The van der Waals surface area contributed by atoms with Crippen LogP contribution in [-0.4, -0.2) is 38.4 Å². The van der Waals surface area contributed by atoms with E-state index >= 15 is 0 Å². The van der Waals surface area contributed by atoms with Gasteiger partial charge in [0.25, 0.3) is 11.6 Å². The molecule has 1 amide bonds. The number of rotatable bonds is 9. The van der Waals surface area contributed by atoms with Gasteiger partial charge in [0.1, 0.15) is 5.69 Å². The Bertz CT molecular complexity index is 989. The van der Waals surface area contributed by atoms with Crippen LogP contribution in [0.2, 0.25) is 0 Å². The summed E-state index contributed by atoms with van der Waals surface area (Å²) in [6.07, 6.45) is 1.65. The molecule has 0 aromatic heterocycles. The van der Waals surface area contributed by atoms with Crippen LogP contribution in [0.4, 0.5) is 11.4 Å². The maximum Gasteiger partial charge on any atom is 0.292 e. The molecule has 3 N–H and O–H groups in total. The molecule has 0 atom stereocenters. The summed E-state index contributed by atoms with van der Waals surface area (Å²) in [5.41, 5.74) is 0.542. The molecule has 2 aromatic carbocycles. The van der Waals surface area contributed by atoms with Gasteiger partial charge < -0.3 is 10.6 Å². The van der Waals surface area contributed by atoms with Crippen LogP contribution >= 0.6 is 0 Å². The zero-order valence-electron chi connectivity index (χ0n) is 14.9. The summed E-state index contributed by atoms with van der Waals surface area (Å²) in [5, 5.41) is 16.5. The molecule has 0 saturated heterocycles. The summed E-state index contributed by atoms with van der Waals surface area (Å²) in [6.45, 7) is 0.486. The molecule has 9 nitrogen and oxygen atoms in total. The van der Waals surface area contributed by atoms with Crippen LogP contribution in [0.3, 0.4) is 0 Å². The number of nitro groups is 1. The van der Waals surface area contributed by atoms with Crippen molar-refractivity contribution in [1.82, 2.24) is 10.0 Å². The number of para-hydroxylation sites is 2. The standard InChI is InChI=1S/C18H20N4O5S/c23-18(20-11-10-19-16-6-1-2-7-17(16)22(24)25)13-4-3-5-15(12-13)28(26,27)21-14-8-9-14/h1-7,12,14,19,21H,8-11H2,(H,20,23). The van der Waals surface area contributed by atoms with Gasteiger partial charge in [-0.25, -0.2) is 13.1 Å². The minimum absolute atomic E-state index is 0.0180. The van der Waals surface area contributed by atoms with E-state index in [2.05, 4.69) is 15.4 Å². The summed E-state index contributed by atoms with van der Waals surface area (Å²) in [4.78, 5) is 22.8. The summed E-state index contributed by atoms with van der Waals surface area (Å²) in [6, 6.07) is 12.0. The van der Waals surface area contributed by atoms with E-state index < -0.39 is 20.9 Å². The maximum absolute atomic E-state index is 12.3. The molecule has 1 aliphatic rings. The average Bonchev–Trinajstić information content (AvgIpc) is 3.48. The highest BCUT2D eigenvalue weighted by Gasteiger charge is 2.28. The predicted molar refractivity (Wildman–Crippen MR) is 104 cm³/mol. The minimum Gasteiger partial charge on any atom is -0.378 e. The smallest absolute Gasteiger partial charge is 0.292 e. The number of sulfonamides is 1. The topological polar surface area (TPSA) is 130 Å². The molecule has 1 fully saturated rings. The fraction of sp³-hybridized carbons (Fsp3) is 0.278. The van der Waals surface area contributed by atoms with Gasteiger partial charge in [-0.15, -0.1) is 0 Å². The van der Waals surface area contributed by atoms with E-state index in [9.17, 15) is 23.3 Å². The molecule has 0 radical (unpaired) electrons. The molecule has 1 aliphatic carbocycles. The first-order valence-electron chi connectivity index (χ1n) is 8.75. The maximum atomic E-state index is 12.3. The lowest BCUT2D eigenvalue weighted by Crippen LogP contribution is -2.29. The molecule has 3 rings (SSSR count). The van der Waals surface area contributed by atoms with Crippen molar-refractivity contribution >= 4 is 27.3 Å². The number of nitro benzene ring substituents is 1. The van der Waals surface area contributed by atoms with Crippen molar-refractivity contribution in [2.24, 2.45) is 0 Å². The fourth-order valence-electron chi connectivity index (χ4n) is 2.55. The van der Waals surface area contributed by atoms with Crippen LogP contribution in [0.5, 0.6) is 0 Å². The van der Waals surface area contributed by atoms with Gasteiger partial charge in [-0.3, -0.25) is 14.9 Å². The van der Waals surface area contributed by atoms with Crippen molar-refractivity contribution in [3.05, 3.63) is 64.2 Å². The Kier molecular flexibility index (Phi) is 5.90. The minimum atomic E-state index is -3.63. The monoisotopic (exact) mass is 404 g/mol. The number of amides is 1. The Morgan fingerprint density at radius 1 is 1.11 bits per heavy atom. The van der Waals surface area contributed by atoms with E-state index in [1.807, 2.05) is 0 Å². The zero-order valence-corrected chi connectivity index (χ0v) is 15.7. The van der Waals surface area contributed by atoms with Crippen molar-refractivity contribution in [2.45, 2.75) is 23.8 Å². The molecule has 0 aliphatic heterocycles. The van der Waals surface area contributed by atoms with Crippen molar-refractivity contribution in [3.63, 3.8) is 0 Å². The fourth-order valence-corrected chi connectivity index (χ4v) is 3.90. The Balaban J connectivity index is 1.55. The highest BCUT2D eigenvalue weighted by molar-refractivity contribution is 7.89. The highest BCUT2D eigenvalue weighted by Crippen LogP contribution is 2.23. The normalized spacial score (nSPS) is 13.7. The molecule has 0 heterocycles. The molecule has 0 spiro atoms. The van der Waals surface area contributed by atoms with E-state index in [0.717, 1.165) is 12.8 Å². The first-order valence-corrected chi connectivity index (χ1v) is 10.2. The molecule has 1 saturated carbocycles. The molecular weight excluding hydrogens is 384 g/mol. The second-order valence-corrected chi connectivity index (χ2v) is 8.09. The van der Waals surface area contributed by atoms with Crippen LogP contribution in [0, 0.1) is 10.1 Å². The number of benzene rings is 2. The lowest BCUT2D eigenvalue weighted by Gasteiger charge is -2.10. The molecular formula is C18H20N4O5S. The SMILES string of the molecule is O=C(NCCNc1ccccc1[N+](=O)[O-])c1cccc(S(=O)(=O)NC2CC2)c1. The third kappa shape index (κ3) is 5.05. The zero-order chi connectivity index (χ0) is 20.1. The summed E-state index contributed by atoms with van der Waals surface area (Å²) >= 11 is 0. The van der Waals surface area contributed by atoms with Crippen LogP contribution in [0.15, 0.2) is 53.4 Å². The van der Waals surface area contributed by atoms with Gasteiger partial charge in [-0.2, -0.15) is 0 Å². The number of anilines is 1. The van der Waals surface area contributed by atoms with Gasteiger partial charge in [0.15, 0.2) is 0 Å². The van der Waals surface area contributed by atoms with E-state index in [1.165, 1.54) is 30.3 Å². The average molecular weight is 404 g/mol. The second-order valence-electron chi connectivity index (χ2n) is 6.38. The molecule has 10 heteroatoms. The summed E-state index contributed by atoms with van der Waals surface area (Å²) in [5.74, 6) is -0.423. The molecule has 2 aromatic rings. The van der Waals surface area contributed by atoms with Gasteiger partial charge in [-0.1, -0.05) is 18.2 Å². The Morgan fingerprint density at radius 2 is 1.86 bits per heavy atom. The molecule has 148 valence electrons. The predicted octanol–water partition coefficient (Wildman–Crippen LogP) is 1.88. The summed E-state index contributed by atoms with van der Waals surface area (Å²) in [7, 11) is -3.63. The number of hydrogen-bond donors (Lipinski definition) is 3. The van der Waals surface area contributed by atoms with Gasteiger partial charge in [0, 0.05) is 30.8 Å². The highest BCUT2D eigenvalue weighted by atomic mass is 32.2. The third-order valence-electron chi connectivity index (χ3n) is 4.13. The van der Waals surface area contributed by atoms with E-state index in [-0.39, 0.29) is 35.3 Å². The van der Waals surface area contributed by atoms with Gasteiger partial charge in [0.2, 0.25) is 10.0 Å². The number of nitrogens with one attached hydrogen (secondary N) is 3. The van der Waals surface area contributed by atoms with E-state index in [1.54, 1.807) is 18.2 Å². The number of carbonyl (C=O) groups is 1. The van der Waals surface area contributed by atoms with Crippen LogP contribution in [0.25, 0.3) is 0 Å². The second kappa shape index (κ2) is 8.36. The lowest BCUT2D eigenvalue weighted by molar-refractivity contribution is -0.384.